The number of nitrogens with one attached hydrogen (secondary N) is 2. The van der Waals surface area contributed by atoms with Gasteiger partial charge in [-0.15, -0.1) is 0 Å². The molecule has 0 saturated heterocycles. The van der Waals surface area contributed by atoms with Crippen molar-refractivity contribution in [3.05, 3.63) is 48.2 Å². The summed E-state index contributed by atoms with van der Waals surface area (Å²) >= 11 is 0. The Balaban J connectivity index is 1.59. The molecule has 1 heterocycles. The molecule has 0 fully saturated rings. The Morgan fingerprint density at radius 2 is 1.53 bits per heavy atom. The van der Waals surface area contributed by atoms with Crippen molar-refractivity contribution in [1.29, 1.82) is 0 Å². The fourth-order valence-electron chi connectivity index (χ4n) is 4.58. The fourth-order valence-corrected chi connectivity index (χ4v) is 4.58. The highest BCUT2D eigenvalue weighted by atomic mass is 16.5. The standard InChI is InChI=1S/C31H48N2O3/c1-3-5-6-7-8-9-10-11-12-13-14-15-16-17-18-23-30(34)33-29(31(35)36-4-2)24-26-25-32-28-22-20-19-21-27(26)28/h11-12,19-22,25,29,32H,3-10,13-18,23-24H2,1-2H3,(H,33,34)/t29-/m0/s1. The second-order valence-corrected chi connectivity index (χ2v) is 9.77. The van der Waals surface area contributed by atoms with Crippen LogP contribution in [0.5, 0.6) is 0 Å². The van der Waals surface area contributed by atoms with Gasteiger partial charge in [-0.1, -0.05) is 88.6 Å². The maximum absolute atomic E-state index is 12.6. The van der Waals surface area contributed by atoms with Crippen LogP contribution in [-0.4, -0.2) is 29.5 Å². The van der Waals surface area contributed by atoms with Crippen LogP contribution in [0.4, 0.5) is 0 Å². The van der Waals surface area contributed by atoms with Crippen molar-refractivity contribution < 1.29 is 14.3 Å². The minimum Gasteiger partial charge on any atom is -0.464 e. The molecule has 1 atom stereocenters. The smallest absolute Gasteiger partial charge is 0.328 e. The molecule has 2 N–H and O–H groups in total. The van der Waals surface area contributed by atoms with E-state index in [1.807, 2.05) is 30.5 Å². The molecule has 0 aliphatic carbocycles. The zero-order valence-corrected chi connectivity index (χ0v) is 22.7. The molecule has 0 spiro atoms. The van der Waals surface area contributed by atoms with Crippen LogP contribution in [0.25, 0.3) is 10.9 Å². The van der Waals surface area contributed by atoms with E-state index in [9.17, 15) is 9.59 Å². The van der Waals surface area contributed by atoms with Gasteiger partial charge in [0.05, 0.1) is 6.61 Å². The summed E-state index contributed by atoms with van der Waals surface area (Å²) in [5, 5.41) is 3.99. The van der Waals surface area contributed by atoms with Crippen LogP contribution in [0.2, 0.25) is 0 Å². The van der Waals surface area contributed by atoms with E-state index in [4.69, 9.17) is 4.74 Å². The van der Waals surface area contributed by atoms with Gasteiger partial charge in [0.1, 0.15) is 6.04 Å². The average molecular weight is 497 g/mol. The third-order valence-electron chi connectivity index (χ3n) is 6.67. The minimum atomic E-state index is -0.667. The van der Waals surface area contributed by atoms with Crippen LogP contribution in [0, 0.1) is 0 Å². The Labute approximate surface area is 218 Å². The molecule has 0 aliphatic rings. The van der Waals surface area contributed by atoms with Crippen LogP contribution in [0.1, 0.15) is 109 Å². The number of aromatic nitrogens is 1. The van der Waals surface area contributed by atoms with Crippen molar-refractivity contribution in [2.24, 2.45) is 0 Å². The SMILES string of the molecule is CCCCCCCCC=CCCCCCCCC(=O)N[C@@H](Cc1c[nH]c2ccccc12)C(=O)OCC. The highest BCUT2D eigenvalue weighted by molar-refractivity contribution is 5.87. The monoisotopic (exact) mass is 496 g/mol. The van der Waals surface area contributed by atoms with Crippen molar-refractivity contribution in [2.45, 2.75) is 116 Å². The van der Waals surface area contributed by atoms with E-state index in [1.54, 1.807) is 6.92 Å². The maximum Gasteiger partial charge on any atom is 0.328 e. The predicted octanol–water partition coefficient (Wildman–Crippen LogP) is 7.80. The largest absolute Gasteiger partial charge is 0.464 e. The molecule has 1 amide bonds. The first-order valence-electron chi connectivity index (χ1n) is 14.3. The van der Waals surface area contributed by atoms with Crippen molar-refractivity contribution in [3.63, 3.8) is 0 Å². The number of esters is 1. The Hall–Kier alpha value is -2.56. The minimum absolute atomic E-state index is 0.0782. The van der Waals surface area contributed by atoms with E-state index in [-0.39, 0.29) is 11.9 Å². The van der Waals surface area contributed by atoms with Crippen LogP contribution < -0.4 is 5.32 Å². The molecule has 5 nitrogen and oxygen atoms in total. The topological polar surface area (TPSA) is 71.2 Å². The second-order valence-electron chi connectivity index (χ2n) is 9.77. The first kappa shape index (κ1) is 29.7. The van der Waals surface area contributed by atoms with Gasteiger partial charge in [0, 0.05) is 29.9 Å². The van der Waals surface area contributed by atoms with Gasteiger partial charge >= 0.3 is 5.97 Å². The summed E-state index contributed by atoms with van der Waals surface area (Å²) in [6.07, 6.45) is 23.4. The second kappa shape index (κ2) is 18.7. The Bertz CT molecular complexity index is 902. The lowest BCUT2D eigenvalue weighted by atomic mass is 10.0. The highest BCUT2D eigenvalue weighted by Crippen LogP contribution is 2.19. The van der Waals surface area contributed by atoms with Crippen LogP contribution in [-0.2, 0) is 20.7 Å². The van der Waals surface area contributed by atoms with Crippen molar-refractivity contribution in [3.8, 4) is 0 Å². The number of benzene rings is 1. The van der Waals surface area contributed by atoms with Crippen molar-refractivity contribution >= 4 is 22.8 Å². The van der Waals surface area contributed by atoms with E-state index >= 15 is 0 Å². The lowest BCUT2D eigenvalue weighted by molar-refractivity contribution is -0.147. The predicted molar refractivity (Wildman–Crippen MR) is 150 cm³/mol. The van der Waals surface area contributed by atoms with Gasteiger partial charge in [-0.2, -0.15) is 0 Å². The van der Waals surface area contributed by atoms with Gasteiger partial charge < -0.3 is 15.0 Å². The number of hydrogen-bond donors (Lipinski definition) is 2. The number of para-hydroxylation sites is 1. The number of allylic oxidation sites excluding steroid dienone is 2. The maximum atomic E-state index is 12.6. The number of hydrogen-bond acceptors (Lipinski definition) is 3. The summed E-state index contributed by atoms with van der Waals surface area (Å²) in [6.45, 7) is 4.35. The molecule has 2 aromatic rings. The molecule has 36 heavy (non-hydrogen) atoms. The Morgan fingerprint density at radius 3 is 2.22 bits per heavy atom. The number of amides is 1. The summed E-state index contributed by atoms with van der Waals surface area (Å²) in [5.41, 5.74) is 2.03. The molecule has 200 valence electrons. The van der Waals surface area contributed by atoms with Gasteiger partial charge in [-0.05, 0) is 50.7 Å². The lowest BCUT2D eigenvalue weighted by Gasteiger charge is -2.17. The molecule has 1 aromatic carbocycles. The van der Waals surface area contributed by atoms with E-state index in [2.05, 4.69) is 29.4 Å². The van der Waals surface area contributed by atoms with Crippen LogP contribution in [0.15, 0.2) is 42.6 Å². The van der Waals surface area contributed by atoms with Crippen LogP contribution >= 0.6 is 0 Å². The fraction of sp³-hybridized carbons (Fsp3) is 0.613. The summed E-state index contributed by atoms with van der Waals surface area (Å²) in [7, 11) is 0. The van der Waals surface area contributed by atoms with Gasteiger partial charge in [0.25, 0.3) is 0 Å². The summed E-state index contributed by atoms with van der Waals surface area (Å²) in [6, 6.07) is 7.31. The highest BCUT2D eigenvalue weighted by Gasteiger charge is 2.23. The zero-order valence-electron chi connectivity index (χ0n) is 22.7. The first-order chi connectivity index (χ1) is 17.7. The van der Waals surface area contributed by atoms with E-state index in [0.717, 1.165) is 42.1 Å². The van der Waals surface area contributed by atoms with Gasteiger partial charge in [0.2, 0.25) is 5.91 Å². The van der Waals surface area contributed by atoms with Gasteiger partial charge in [-0.3, -0.25) is 4.79 Å². The molecule has 0 aliphatic heterocycles. The quantitative estimate of drug-likeness (QED) is 0.112. The average Bonchev–Trinajstić information content (AvgIpc) is 3.29. The molecule has 0 bridgehead atoms. The number of aromatic amines is 1. The number of carbonyl (C=O) groups is 2. The van der Waals surface area contributed by atoms with Gasteiger partial charge in [0.15, 0.2) is 0 Å². The number of rotatable bonds is 20. The third-order valence-corrected chi connectivity index (χ3v) is 6.67. The number of unbranched alkanes of at least 4 members (excludes halogenated alkanes) is 11. The Kier molecular flexibility index (Phi) is 15.4. The van der Waals surface area contributed by atoms with Gasteiger partial charge in [-0.25, -0.2) is 4.79 Å². The molecule has 1 aromatic heterocycles. The molecule has 0 unspecified atom stereocenters. The van der Waals surface area contributed by atoms with Crippen molar-refractivity contribution in [1.82, 2.24) is 10.3 Å². The molecular weight excluding hydrogens is 448 g/mol. The molecule has 2 rings (SSSR count). The van der Waals surface area contributed by atoms with Crippen LogP contribution in [0.3, 0.4) is 0 Å². The number of ether oxygens (including phenoxy) is 1. The molecule has 0 saturated carbocycles. The molecular formula is C31H48N2O3. The summed E-state index contributed by atoms with van der Waals surface area (Å²) < 4.78 is 5.23. The van der Waals surface area contributed by atoms with E-state index in [1.165, 1.54) is 57.8 Å². The molecule has 5 heteroatoms. The Morgan fingerprint density at radius 1 is 0.889 bits per heavy atom. The first-order valence-corrected chi connectivity index (χ1v) is 14.3. The number of fused-ring (bicyclic) bond motifs is 1. The lowest BCUT2D eigenvalue weighted by Crippen LogP contribution is -2.43. The van der Waals surface area contributed by atoms with Crippen molar-refractivity contribution in [2.75, 3.05) is 6.61 Å². The number of H-pyrrole nitrogens is 1. The number of carbonyl (C=O) groups excluding carboxylic acids is 2. The van der Waals surface area contributed by atoms with E-state index < -0.39 is 6.04 Å². The summed E-state index contributed by atoms with van der Waals surface area (Å²) in [4.78, 5) is 28.3. The van der Waals surface area contributed by atoms with E-state index in [0.29, 0.717) is 19.4 Å². The normalized spacial score (nSPS) is 12.3. The molecule has 0 radical (unpaired) electrons. The third kappa shape index (κ3) is 11.9. The summed E-state index contributed by atoms with van der Waals surface area (Å²) in [5.74, 6) is -0.453. The zero-order chi connectivity index (χ0) is 25.8.